The van der Waals surface area contributed by atoms with E-state index in [2.05, 4.69) is 4.90 Å². The number of rotatable bonds is 5. The fourth-order valence-electron chi connectivity index (χ4n) is 3.17. The van der Waals surface area contributed by atoms with Gasteiger partial charge in [0.25, 0.3) is 0 Å². The highest BCUT2D eigenvalue weighted by atomic mass is 35.5. The molecular weight excluding hydrogens is 369 g/mol. The second-order valence-corrected chi connectivity index (χ2v) is 7.54. The molecule has 0 aliphatic carbocycles. The normalized spacial score (nSPS) is 16.5. The Morgan fingerprint density at radius 2 is 1.38 bits per heavy atom. The molecule has 1 atom stereocenters. The van der Waals surface area contributed by atoms with E-state index < -0.39 is 6.04 Å². The molecule has 1 fully saturated rings. The lowest BCUT2D eigenvalue weighted by Gasteiger charge is -2.36. The van der Waals surface area contributed by atoms with E-state index in [1.807, 2.05) is 53.4 Å². The molecule has 4 nitrogen and oxygen atoms in total. The minimum Gasteiger partial charge on any atom is -0.339 e. The van der Waals surface area contributed by atoms with Gasteiger partial charge < -0.3 is 10.6 Å². The zero-order valence-corrected chi connectivity index (χ0v) is 16.1. The van der Waals surface area contributed by atoms with Crippen molar-refractivity contribution in [3.63, 3.8) is 0 Å². The Hall–Kier alpha value is -1.59. The van der Waals surface area contributed by atoms with Crippen molar-refractivity contribution in [2.24, 2.45) is 5.73 Å². The quantitative estimate of drug-likeness (QED) is 0.850. The van der Waals surface area contributed by atoms with Crippen molar-refractivity contribution in [1.29, 1.82) is 0 Å². The predicted molar refractivity (Wildman–Crippen MR) is 106 cm³/mol. The number of piperazine rings is 1. The Labute approximate surface area is 164 Å². The first-order valence-corrected chi connectivity index (χ1v) is 9.52. The number of carbonyl (C=O) groups excluding carboxylic acids is 1. The SMILES string of the molecule is NC(Cc1ccc(Cl)cc1)C(=O)N1CCN(Cc2ccc(Cl)cc2)CC1. The Kier molecular flexibility index (Phi) is 6.54. The molecule has 1 aliphatic rings. The van der Waals surface area contributed by atoms with Gasteiger partial charge in [-0.05, 0) is 41.8 Å². The zero-order valence-electron chi connectivity index (χ0n) is 14.6. The molecule has 1 heterocycles. The molecule has 26 heavy (non-hydrogen) atoms. The third kappa shape index (κ3) is 5.21. The molecule has 1 amide bonds. The van der Waals surface area contributed by atoms with E-state index in [0.717, 1.165) is 30.2 Å². The molecule has 3 rings (SSSR count). The highest BCUT2D eigenvalue weighted by molar-refractivity contribution is 6.30. The van der Waals surface area contributed by atoms with Crippen LogP contribution in [-0.4, -0.2) is 47.9 Å². The number of benzene rings is 2. The number of carbonyl (C=O) groups is 1. The van der Waals surface area contributed by atoms with Crippen molar-refractivity contribution in [1.82, 2.24) is 9.80 Å². The van der Waals surface area contributed by atoms with Crippen LogP contribution >= 0.6 is 23.2 Å². The summed E-state index contributed by atoms with van der Waals surface area (Å²) in [5.41, 5.74) is 8.40. The molecule has 1 saturated heterocycles. The summed E-state index contributed by atoms with van der Waals surface area (Å²) in [6, 6.07) is 14.9. The van der Waals surface area contributed by atoms with Crippen molar-refractivity contribution in [3.05, 3.63) is 69.7 Å². The molecule has 2 aromatic rings. The van der Waals surface area contributed by atoms with Crippen LogP contribution in [0.5, 0.6) is 0 Å². The molecule has 1 unspecified atom stereocenters. The summed E-state index contributed by atoms with van der Waals surface area (Å²) >= 11 is 11.8. The third-order valence-electron chi connectivity index (χ3n) is 4.69. The summed E-state index contributed by atoms with van der Waals surface area (Å²) < 4.78 is 0. The summed E-state index contributed by atoms with van der Waals surface area (Å²) in [6.45, 7) is 3.99. The van der Waals surface area contributed by atoms with E-state index in [1.165, 1.54) is 5.56 Å². The van der Waals surface area contributed by atoms with E-state index in [0.29, 0.717) is 24.5 Å². The fraction of sp³-hybridized carbons (Fsp3) is 0.350. The van der Waals surface area contributed by atoms with Gasteiger partial charge in [-0.1, -0.05) is 47.5 Å². The van der Waals surface area contributed by atoms with Crippen LogP contribution in [0.15, 0.2) is 48.5 Å². The second-order valence-electron chi connectivity index (χ2n) is 6.66. The smallest absolute Gasteiger partial charge is 0.239 e. The number of nitrogens with two attached hydrogens (primary N) is 1. The van der Waals surface area contributed by atoms with E-state index in [4.69, 9.17) is 28.9 Å². The van der Waals surface area contributed by atoms with Crippen molar-refractivity contribution < 1.29 is 4.79 Å². The first-order valence-electron chi connectivity index (χ1n) is 8.77. The van der Waals surface area contributed by atoms with E-state index >= 15 is 0 Å². The molecule has 138 valence electrons. The largest absolute Gasteiger partial charge is 0.339 e. The van der Waals surface area contributed by atoms with Gasteiger partial charge in [-0.25, -0.2) is 0 Å². The van der Waals surface area contributed by atoms with Crippen LogP contribution in [0.25, 0.3) is 0 Å². The van der Waals surface area contributed by atoms with Gasteiger partial charge in [-0.15, -0.1) is 0 Å². The van der Waals surface area contributed by atoms with Crippen LogP contribution in [0.4, 0.5) is 0 Å². The highest BCUT2D eigenvalue weighted by Crippen LogP contribution is 2.14. The van der Waals surface area contributed by atoms with Gasteiger partial charge in [0.15, 0.2) is 0 Å². The van der Waals surface area contributed by atoms with Crippen LogP contribution in [0, 0.1) is 0 Å². The zero-order chi connectivity index (χ0) is 18.5. The lowest BCUT2D eigenvalue weighted by atomic mass is 10.1. The second kappa shape index (κ2) is 8.87. The Bertz CT molecular complexity index is 726. The van der Waals surface area contributed by atoms with Crippen molar-refractivity contribution in [2.75, 3.05) is 26.2 Å². The maximum atomic E-state index is 12.6. The number of halogens is 2. The van der Waals surface area contributed by atoms with Gasteiger partial charge in [0.1, 0.15) is 0 Å². The first-order chi connectivity index (χ1) is 12.5. The maximum Gasteiger partial charge on any atom is 0.239 e. The van der Waals surface area contributed by atoms with Crippen LogP contribution < -0.4 is 5.73 Å². The summed E-state index contributed by atoms with van der Waals surface area (Å²) in [5, 5.41) is 1.43. The highest BCUT2D eigenvalue weighted by Gasteiger charge is 2.25. The van der Waals surface area contributed by atoms with Crippen LogP contribution in [0.1, 0.15) is 11.1 Å². The fourth-order valence-corrected chi connectivity index (χ4v) is 3.42. The number of nitrogens with zero attached hydrogens (tertiary/aromatic N) is 2. The molecular formula is C20H23Cl2N3O. The van der Waals surface area contributed by atoms with E-state index in [9.17, 15) is 4.79 Å². The van der Waals surface area contributed by atoms with Gasteiger partial charge >= 0.3 is 0 Å². The summed E-state index contributed by atoms with van der Waals surface area (Å²) in [4.78, 5) is 16.8. The van der Waals surface area contributed by atoms with Gasteiger partial charge in [0.2, 0.25) is 5.91 Å². The molecule has 6 heteroatoms. The van der Waals surface area contributed by atoms with Crippen LogP contribution in [0.2, 0.25) is 10.0 Å². The number of amides is 1. The molecule has 2 aromatic carbocycles. The van der Waals surface area contributed by atoms with Gasteiger partial charge in [-0.2, -0.15) is 0 Å². The predicted octanol–water partition coefficient (Wildman–Crippen LogP) is 3.21. The van der Waals surface area contributed by atoms with E-state index in [-0.39, 0.29) is 5.91 Å². The Morgan fingerprint density at radius 3 is 1.92 bits per heavy atom. The number of hydrogen-bond acceptors (Lipinski definition) is 3. The molecule has 2 N–H and O–H groups in total. The summed E-state index contributed by atoms with van der Waals surface area (Å²) in [7, 11) is 0. The van der Waals surface area contributed by atoms with Gasteiger partial charge in [0, 0.05) is 42.8 Å². The summed E-state index contributed by atoms with van der Waals surface area (Å²) in [6.07, 6.45) is 0.529. The van der Waals surface area contributed by atoms with Crippen LogP contribution in [0.3, 0.4) is 0 Å². The standard InChI is InChI=1S/C20H23Cl2N3O/c21-17-5-1-15(2-6-17)13-19(23)20(26)25-11-9-24(10-12-25)14-16-3-7-18(22)8-4-16/h1-8,19H,9-14,23H2. The topological polar surface area (TPSA) is 49.6 Å². The van der Waals surface area contributed by atoms with Crippen LogP contribution in [-0.2, 0) is 17.8 Å². The lowest BCUT2D eigenvalue weighted by molar-refractivity contribution is -0.134. The van der Waals surface area contributed by atoms with Crippen molar-refractivity contribution >= 4 is 29.1 Å². The molecule has 0 radical (unpaired) electrons. The first kappa shape index (κ1) is 19.2. The van der Waals surface area contributed by atoms with Gasteiger partial charge in [0.05, 0.1) is 6.04 Å². The number of hydrogen-bond donors (Lipinski definition) is 1. The summed E-state index contributed by atoms with van der Waals surface area (Å²) in [5.74, 6) is 0.0195. The molecule has 0 spiro atoms. The average molecular weight is 392 g/mol. The molecule has 0 aromatic heterocycles. The molecule has 1 aliphatic heterocycles. The maximum absolute atomic E-state index is 12.6. The minimum atomic E-state index is -0.515. The molecule has 0 bridgehead atoms. The minimum absolute atomic E-state index is 0.0195. The van der Waals surface area contributed by atoms with Gasteiger partial charge in [-0.3, -0.25) is 9.69 Å². The van der Waals surface area contributed by atoms with Crippen molar-refractivity contribution in [2.45, 2.75) is 19.0 Å². The molecule has 0 saturated carbocycles. The lowest BCUT2D eigenvalue weighted by Crippen LogP contribution is -2.53. The monoisotopic (exact) mass is 391 g/mol. The Morgan fingerprint density at radius 1 is 0.885 bits per heavy atom. The van der Waals surface area contributed by atoms with Crippen molar-refractivity contribution in [3.8, 4) is 0 Å². The van der Waals surface area contributed by atoms with E-state index in [1.54, 1.807) is 0 Å². The Balaban J connectivity index is 1.48. The third-order valence-corrected chi connectivity index (χ3v) is 5.19. The average Bonchev–Trinajstić information content (AvgIpc) is 2.65.